The predicted molar refractivity (Wildman–Crippen MR) is 112 cm³/mol. The Hall–Kier alpha value is -2.69. The molecule has 0 aromatic heterocycles. The van der Waals surface area contributed by atoms with E-state index in [4.69, 9.17) is 9.47 Å². The lowest BCUT2D eigenvalue weighted by Crippen LogP contribution is -2.43. The molecule has 5 nitrogen and oxygen atoms in total. The van der Waals surface area contributed by atoms with Gasteiger partial charge in [-0.25, -0.2) is 0 Å². The highest BCUT2D eigenvalue weighted by molar-refractivity contribution is 6.01. The lowest BCUT2D eigenvalue weighted by atomic mass is 10.0. The molecule has 1 unspecified atom stereocenters. The maximum Gasteiger partial charge on any atom is 0.257 e. The zero-order chi connectivity index (χ0) is 20.1. The fraction of sp³-hybridized carbons (Fsp3) is 0.435. The Morgan fingerprint density at radius 3 is 2.64 bits per heavy atom. The van der Waals surface area contributed by atoms with Gasteiger partial charge in [0, 0.05) is 12.2 Å². The summed E-state index contributed by atoms with van der Waals surface area (Å²) in [6.07, 6.45) is 1.75. The molecular weight excluding hydrogens is 352 g/mol. The molecule has 1 atom stereocenters. The number of nitrogens with zero attached hydrogens (tertiary/aromatic N) is 1. The summed E-state index contributed by atoms with van der Waals surface area (Å²) in [5, 5.41) is 3.53. The van der Waals surface area contributed by atoms with Gasteiger partial charge in [0.25, 0.3) is 5.91 Å². The number of benzene rings is 2. The minimum atomic E-state index is -0.234. The minimum absolute atomic E-state index is 0.0619. The van der Waals surface area contributed by atoms with Crippen molar-refractivity contribution < 1.29 is 14.3 Å². The molecule has 1 aliphatic heterocycles. The molecule has 3 rings (SSSR count). The number of hydrogen-bond donors (Lipinski definition) is 1. The summed E-state index contributed by atoms with van der Waals surface area (Å²) in [5.41, 5.74) is 2.57. The number of amides is 1. The second-order valence-electron chi connectivity index (χ2n) is 7.56. The quantitative estimate of drug-likeness (QED) is 0.690. The lowest BCUT2D eigenvalue weighted by molar-refractivity contribution is 0.0680. The third-order valence-corrected chi connectivity index (χ3v) is 4.85. The van der Waals surface area contributed by atoms with Crippen molar-refractivity contribution in [2.24, 2.45) is 5.92 Å². The van der Waals surface area contributed by atoms with Crippen LogP contribution in [0.4, 0.5) is 5.69 Å². The van der Waals surface area contributed by atoms with Crippen molar-refractivity contribution in [1.82, 2.24) is 4.90 Å². The van der Waals surface area contributed by atoms with Gasteiger partial charge in [-0.3, -0.25) is 4.79 Å². The van der Waals surface area contributed by atoms with Gasteiger partial charge in [-0.2, -0.15) is 0 Å². The van der Waals surface area contributed by atoms with E-state index in [1.807, 2.05) is 47.4 Å². The first-order valence-electron chi connectivity index (χ1n) is 10.0. The molecule has 1 N–H and O–H groups in total. The Morgan fingerprint density at radius 2 is 1.93 bits per heavy atom. The van der Waals surface area contributed by atoms with Crippen LogP contribution in [-0.2, 0) is 0 Å². The number of nitrogens with one attached hydrogen (secondary N) is 1. The molecular formula is C23H30N2O3. The van der Waals surface area contributed by atoms with Crippen LogP contribution in [0.3, 0.4) is 0 Å². The number of carbonyl (C=O) groups is 1. The van der Waals surface area contributed by atoms with Crippen LogP contribution in [0, 0.1) is 5.92 Å². The van der Waals surface area contributed by atoms with Crippen LogP contribution in [0.25, 0.3) is 0 Å². The van der Waals surface area contributed by atoms with E-state index in [-0.39, 0.29) is 12.1 Å². The van der Waals surface area contributed by atoms with E-state index in [1.54, 1.807) is 7.11 Å². The van der Waals surface area contributed by atoms with Crippen LogP contribution in [0.5, 0.6) is 11.5 Å². The fourth-order valence-electron chi connectivity index (χ4n) is 3.34. The lowest BCUT2D eigenvalue weighted by Gasteiger charge is -2.38. The molecule has 0 fully saturated rings. The molecule has 150 valence electrons. The molecule has 1 amide bonds. The van der Waals surface area contributed by atoms with Crippen molar-refractivity contribution in [3.8, 4) is 11.5 Å². The highest BCUT2D eigenvalue weighted by Gasteiger charge is 2.32. The van der Waals surface area contributed by atoms with E-state index in [1.165, 1.54) is 0 Å². The van der Waals surface area contributed by atoms with E-state index in [0.717, 1.165) is 35.4 Å². The Labute approximate surface area is 167 Å². The number of methoxy groups -OCH3 is 1. The van der Waals surface area contributed by atoms with Crippen LogP contribution in [0.1, 0.15) is 55.7 Å². The van der Waals surface area contributed by atoms with Crippen molar-refractivity contribution in [2.45, 2.75) is 39.8 Å². The topological polar surface area (TPSA) is 50.8 Å². The molecule has 0 bridgehead atoms. The molecule has 2 aromatic carbocycles. The predicted octanol–water partition coefficient (Wildman–Crippen LogP) is 5.10. The molecule has 0 radical (unpaired) electrons. The van der Waals surface area contributed by atoms with Gasteiger partial charge in [-0.15, -0.1) is 0 Å². The highest BCUT2D eigenvalue weighted by atomic mass is 16.5. The first-order valence-corrected chi connectivity index (χ1v) is 10.0. The number of ether oxygens (including phenoxy) is 2. The summed E-state index contributed by atoms with van der Waals surface area (Å²) in [7, 11) is 1.64. The number of unbranched alkanes of at least 4 members (excludes halogenated alkanes) is 1. The first kappa shape index (κ1) is 20.1. The number of carbonyl (C=O) groups excluding carboxylic acids is 1. The van der Waals surface area contributed by atoms with Crippen molar-refractivity contribution >= 4 is 11.6 Å². The van der Waals surface area contributed by atoms with Crippen molar-refractivity contribution in [3.05, 3.63) is 53.6 Å². The molecule has 0 spiro atoms. The molecule has 0 aliphatic carbocycles. The van der Waals surface area contributed by atoms with Crippen molar-refractivity contribution in [3.63, 3.8) is 0 Å². The maximum absolute atomic E-state index is 13.1. The molecule has 2 aromatic rings. The summed E-state index contributed by atoms with van der Waals surface area (Å²) in [6, 6.07) is 13.6. The average molecular weight is 383 g/mol. The van der Waals surface area contributed by atoms with Gasteiger partial charge in [0.15, 0.2) is 11.5 Å². The largest absolute Gasteiger partial charge is 0.493 e. The van der Waals surface area contributed by atoms with Crippen molar-refractivity contribution in [1.29, 1.82) is 0 Å². The summed E-state index contributed by atoms with van der Waals surface area (Å²) in [6.45, 7) is 7.69. The Bertz CT molecular complexity index is 819. The number of para-hydroxylation sites is 1. The van der Waals surface area contributed by atoms with Gasteiger partial charge >= 0.3 is 0 Å². The maximum atomic E-state index is 13.1. The summed E-state index contributed by atoms with van der Waals surface area (Å²) in [5.74, 6) is 1.90. The van der Waals surface area contributed by atoms with E-state index >= 15 is 0 Å². The fourth-order valence-corrected chi connectivity index (χ4v) is 3.34. The van der Waals surface area contributed by atoms with Crippen molar-refractivity contribution in [2.75, 3.05) is 25.6 Å². The van der Waals surface area contributed by atoms with Crippen LogP contribution in [-0.4, -0.2) is 31.1 Å². The molecule has 1 aliphatic rings. The molecule has 0 saturated carbocycles. The Morgan fingerprint density at radius 1 is 1.14 bits per heavy atom. The number of fused-ring (bicyclic) bond motifs is 1. The number of anilines is 1. The van der Waals surface area contributed by atoms with Gasteiger partial charge in [0.1, 0.15) is 6.17 Å². The first-order chi connectivity index (χ1) is 13.5. The third-order valence-electron chi connectivity index (χ3n) is 4.85. The summed E-state index contributed by atoms with van der Waals surface area (Å²) >= 11 is 0. The second-order valence-corrected chi connectivity index (χ2v) is 7.56. The standard InChI is InChI=1S/C23H30N2O3/c1-5-6-13-25-22(24-19-10-8-7-9-18(19)23(25)26)17-11-12-20(21(14-17)27-4)28-15-16(2)3/h7-12,14,16,22,24H,5-6,13,15H2,1-4H3. The molecule has 28 heavy (non-hydrogen) atoms. The molecule has 1 heterocycles. The Balaban J connectivity index is 1.94. The van der Waals surface area contributed by atoms with E-state index < -0.39 is 0 Å². The van der Waals surface area contributed by atoms with Gasteiger partial charge in [0.2, 0.25) is 0 Å². The minimum Gasteiger partial charge on any atom is -0.493 e. The summed E-state index contributed by atoms with van der Waals surface area (Å²) < 4.78 is 11.4. The van der Waals surface area contributed by atoms with Gasteiger partial charge in [-0.05, 0) is 42.2 Å². The second kappa shape index (κ2) is 9.00. The molecule has 0 saturated heterocycles. The van der Waals surface area contributed by atoms with Crippen LogP contribution in [0.15, 0.2) is 42.5 Å². The number of rotatable bonds is 8. The van der Waals surface area contributed by atoms with E-state index in [2.05, 4.69) is 26.1 Å². The Kier molecular flexibility index (Phi) is 6.45. The van der Waals surface area contributed by atoms with Crippen LogP contribution in [0.2, 0.25) is 0 Å². The van der Waals surface area contributed by atoms with Gasteiger partial charge < -0.3 is 19.7 Å². The third kappa shape index (κ3) is 4.24. The molecule has 5 heteroatoms. The SMILES string of the molecule is CCCCN1C(=O)c2ccccc2NC1c1ccc(OCC(C)C)c(OC)c1. The normalized spacial score (nSPS) is 16.0. The van der Waals surface area contributed by atoms with Crippen LogP contribution < -0.4 is 14.8 Å². The zero-order valence-corrected chi connectivity index (χ0v) is 17.2. The highest BCUT2D eigenvalue weighted by Crippen LogP contribution is 2.37. The summed E-state index contributed by atoms with van der Waals surface area (Å²) in [4.78, 5) is 15.0. The van der Waals surface area contributed by atoms with Gasteiger partial charge in [0.05, 0.1) is 19.3 Å². The number of hydrogen-bond acceptors (Lipinski definition) is 4. The monoisotopic (exact) mass is 382 g/mol. The van der Waals surface area contributed by atoms with E-state index in [9.17, 15) is 4.79 Å². The average Bonchev–Trinajstić information content (AvgIpc) is 2.71. The smallest absolute Gasteiger partial charge is 0.257 e. The van der Waals surface area contributed by atoms with Gasteiger partial charge in [-0.1, -0.05) is 45.4 Å². The van der Waals surface area contributed by atoms with Crippen LogP contribution >= 0.6 is 0 Å². The zero-order valence-electron chi connectivity index (χ0n) is 17.2. The van der Waals surface area contributed by atoms with E-state index in [0.29, 0.717) is 24.8 Å².